The summed E-state index contributed by atoms with van der Waals surface area (Å²) in [5, 5.41) is 10.1. The van der Waals surface area contributed by atoms with Gasteiger partial charge in [-0.2, -0.15) is 0 Å². The first kappa shape index (κ1) is 13.5. The number of aliphatic hydroxyl groups is 1. The fourth-order valence-electron chi connectivity index (χ4n) is 2.51. The summed E-state index contributed by atoms with van der Waals surface area (Å²) in [6.07, 6.45) is 8.78. The third-order valence-corrected chi connectivity index (χ3v) is 3.63. The van der Waals surface area contributed by atoms with Crippen molar-refractivity contribution >= 4 is 0 Å². The van der Waals surface area contributed by atoms with Crippen LogP contribution >= 0.6 is 0 Å². The van der Waals surface area contributed by atoms with E-state index in [4.69, 9.17) is 0 Å². The van der Waals surface area contributed by atoms with E-state index in [0.29, 0.717) is 11.8 Å². The molecule has 1 fully saturated rings. The van der Waals surface area contributed by atoms with Crippen molar-refractivity contribution in [3.8, 4) is 0 Å². The lowest BCUT2D eigenvalue weighted by Crippen LogP contribution is -2.29. The molecular weight excluding hydrogens is 196 g/mol. The van der Waals surface area contributed by atoms with Crippen molar-refractivity contribution in [1.29, 1.82) is 0 Å². The molecule has 1 aliphatic rings. The third kappa shape index (κ3) is 4.13. The molecule has 1 N–H and O–H groups in total. The Bertz CT molecular complexity index is 271. The second-order valence-electron chi connectivity index (χ2n) is 5.56. The lowest BCUT2D eigenvalue weighted by atomic mass is 9.77. The third-order valence-electron chi connectivity index (χ3n) is 3.63. The normalized spacial score (nSPS) is 31.3. The molecule has 0 aromatic carbocycles. The van der Waals surface area contributed by atoms with Gasteiger partial charge >= 0.3 is 0 Å². The lowest BCUT2D eigenvalue weighted by molar-refractivity contribution is 0.0653. The van der Waals surface area contributed by atoms with E-state index in [-0.39, 0.29) is 6.10 Å². The van der Waals surface area contributed by atoms with Crippen molar-refractivity contribution in [1.82, 2.24) is 0 Å². The molecule has 16 heavy (non-hydrogen) atoms. The quantitative estimate of drug-likeness (QED) is 0.713. The Morgan fingerprint density at radius 3 is 2.44 bits per heavy atom. The molecule has 0 bridgehead atoms. The SMILES string of the molecule is CC(C)=CCC=C(C)C1CCC(C)CC1O. The lowest BCUT2D eigenvalue weighted by Gasteiger charge is -2.32. The minimum absolute atomic E-state index is 0.119. The van der Waals surface area contributed by atoms with Crippen LogP contribution in [0.5, 0.6) is 0 Å². The molecule has 0 aliphatic heterocycles. The number of hydrogen-bond acceptors (Lipinski definition) is 1. The summed E-state index contributed by atoms with van der Waals surface area (Å²) in [7, 11) is 0. The minimum Gasteiger partial charge on any atom is -0.392 e. The molecule has 1 nitrogen and oxygen atoms in total. The van der Waals surface area contributed by atoms with Crippen LogP contribution in [0.1, 0.15) is 53.4 Å². The van der Waals surface area contributed by atoms with Crippen LogP contribution in [-0.2, 0) is 0 Å². The Morgan fingerprint density at radius 2 is 1.88 bits per heavy atom. The van der Waals surface area contributed by atoms with Crippen molar-refractivity contribution < 1.29 is 5.11 Å². The topological polar surface area (TPSA) is 20.2 Å². The highest BCUT2D eigenvalue weighted by Crippen LogP contribution is 2.33. The Kier molecular flexibility index (Phi) is 5.27. The fourth-order valence-corrected chi connectivity index (χ4v) is 2.51. The van der Waals surface area contributed by atoms with Crippen LogP contribution < -0.4 is 0 Å². The summed E-state index contributed by atoms with van der Waals surface area (Å²) in [6, 6.07) is 0. The first-order valence-corrected chi connectivity index (χ1v) is 6.48. The maximum atomic E-state index is 10.1. The second kappa shape index (κ2) is 6.24. The maximum absolute atomic E-state index is 10.1. The Morgan fingerprint density at radius 1 is 1.19 bits per heavy atom. The van der Waals surface area contributed by atoms with Gasteiger partial charge < -0.3 is 5.11 Å². The van der Waals surface area contributed by atoms with Crippen molar-refractivity contribution in [2.24, 2.45) is 11.8 Å². The number of allylic oxidation sites excluding steroid dienone is 3. The zero-order chi connectivity index (χ0) is 12.1. The van der Waals surface area contributed by atoms with Crippen LogP contribution in [-0.4, -0.2) is 11.2 Å². The standard InChI is InChI=1S/C15H26O/c1-11(2)6-5-7-13(4)14-9-8-12(3)10-15(14)16/h6-7,12,14-16H,5,8-10H2,1-4H3. The highest BCUT2D eigenvalue weighted by molar-refractivity contribution is 5.10. The summed E-state index contributed by atoms with van der Waals surface area (Å²) in [4.78, 5) is 0. The summed E-state index contributed by atoms with van der Waals surface area (Å²) in [6.45, 7) is 8.66. The zero-order valence-electron chi connectivity index (χ0n) is 11.2. The summed E-state index contributed by atoms with van der Waals surface area (Å²) in [5.41, 5.74) is 2.73. The molecule has 0 aromatic heterocycles. The highest BCUT2D eigenvalue weighted by atomic mass is 16.3. The largest absolute Gasteiger partial charge is 0.392 e. The fraction of sp³-hybridized carbons (Fsp3) is 0.733. The first-order chi connectivity index (χ1) is 7.50. The van der Waals surface area contributed by atoms with E-state index in [1.807, 2.05) is 0 Å². The molecule has 0 radical (unpaired) electrons. The Labute approximate surface area is 100 Å². The average molecular weight is 222 g/mol. The molecule has 1 saturated carbocycles. The highest BCUT2D eigenvalue weighted by Gasteiger charge is 2.27. The van der Waals surface area contributed by atoms with Crippen molar-refractivity contribution in [3.05, 3.63) is 23.3 Å². The van der Waals surface area contributed by atoms with Crippen molar-refractivity contribution in [2.75, 3.05) is 0 Å². The molecule has 1 heteroatoms. The van der Waals surface area contributed by atoms with Gasteiger partial charge in [0.25, 0.3) is 0 Å². The molecule has 0 amide bonds. The minimum atomic E-state index is -0.119. The zero-order valence-corrected chi connectivity index (χ0v) is 11.2. The molecule has 0 heterocycles. The van der Waals surface area contributed by atoms with Gasteiger partial charge in [0.05, 0.1) is 6.10 Å². The predicted molar refractivity (Wildman–Crippen MR) is 70.3 cm³/mol. The van der Waals surface area contributed by atoms with Crippen molar-refractivity contribution in [2.45, 2.75) is 59.5 Å². The average Bonchev–Trinajstić information content (AvgIpc) is 2.16. The second-order valence-corrected chi connectivity index (χ2v) is 5.56. The van der Waals surface area contributed by atoms with E-state index in [1.54, 1.807) is 0 Å². The molecule has 0 spiro atoms. The molecular formula is C15H26O. The molecule has 3 unspecified atom stereocenters. The first-order valence-electron chi connectivity index (χ1n) is 6.48. The molecule has 0 saturated heterocycles. The van der Waals surface area contributed by atoms with Gasteiger partial charge in [0, 0.05) is 5.92 Å². The van der Waals surface area contributed by atoms with Crippen LogP contribution in [0, 0.1) is 11.8 Å². The summed E-state index contributed by atoms with van der Waals surface area (Å²) >= 11 is 0. The number of rotatable bonds is 3. The van der Waals surface area contributed by atoms with E-state index < -0.39 is 0 Å². The Balaban J connectivity index is 2.53. The van der Waals surface area contributed by atoms with Crippen LogP contribution in [0.4, 0.5) is 0 Å². The van der Waals surface area contributed by atoms with Gasteiger partial charge in [0.1, 0.15) is 0 Å². The van der Waals surface area contributed by atoms with Crippen LogP contribution in [0.25, 0.3) is 0 Å². The van der Waals surface area contributed by atoms with Gasteiger partial charge in [-0.25, -0.2) is 0 Å². The Hall–Kier alpha value is -0.560. The molecule has 1 rings (SSSR count). The van der Waals surface area contributed by atoms with Gasteiger partial charge in [0.15, 0.2) is 0 Å². The monoisotopic (exact) mass is 222 g/mol. The van der Waals surface area contributed by atoms with Gasteiger partial charge in [-0.15, -0.1) is 0 Å². The van der Waals surface area contributed by atoms with E-state index >= 15 is 0 Å². The van der Waals surface area contributed by atoms with Crippen LogP contribution in [0.15, 0.2) is 23.3 Å². The summed E-state index contributed by atoms with van der Waals surface area (Å²) < 4.78 is 0. The van der Waals surface area contributed by atoms with Gasteiger partial charge in [-0.05, 0) is 52.4 Å². The molecule has 0 aromatic rings. The van der Waals surface area contributed by atoms with Crippen LogP contribution in [0.3, 0.4) is 0 Å². The summed E-state index contributed by atoms with van der Waals surface area (Å²) in [5.74, 6) is 1.10. The number of aliphatic hydroxyl groups excluding tert-OH is 1. The van der Waals surface area contributed by atoms with Gasteiger partial charge in [-0.3, -0.25) is 0 Å². The molecule has 1 aliphatic carbocycles. The smallest absolute Gasteiger partial charge is 0.0607 e. The van der Waals surface area contributed by atoms with E-state index in [2.05, 4.69) is 39.8 Å². The molecule has 3 atom stereocenters. The van der Waals surface area contributed by atoms with Gasteiger partial charge in [0.2, 0.25) is 0 Å². The maximum Gasteiger partial charge on any atom is 0.0607 e. The van der Waals surface area contributed by atoms with Gasteiger partial charge in [-0.1, -0.05) is 30.2 Å². The number of hydrogen-bond donors (Lipinski definition) is 1. The van der Waals surface area contributed by atoms with E-state index in [0.717, 1.165) is 19.3 Å². The van der Waals surface area contributed by atoms with E-state index in [9.17, 15) is 5.11 Å². The van der Waals surface area contributed by atoms with Crippen molar-refractivity contribution in [3.63, 3.8) is 0 Å². The van der Waals surface area contributed by atoms with E-state index in [1.165, 1.54) is 17.6 Å². The predicted octanol–water partition coefficient (Wildman–Crippen LogP) is 4.09. The van der Waals surface area contributed by atoms with Crippen LogP contribution in [0.2, 0.25) is 0 Å². The molecule has 92 valence electrons.